The highest BCUT2D eigenvalue weighted by Crippen LogP contribution is 2.31. The molecule has 2 saturated heterocycles. The van der Waals surface area contributed by atoms with Crippen molar-refractivity contribution in [3.63, 3.8) is 0 Å². The summed E-state index contributed by atoms with van der Waals surface area (Å²) >= 11 is 0. The minimum Gasteiger partial charge on any atom is -0.381 e. The van der Waals surface area contributed by atoms with Crippen molar-refractivity contribution in [2.45, 2.75) is 57.9 Å². The maximum atomic E-state index is 13.0. The molecule has 0 aromatic rings. The molecule has 6 heteroatoms. The number of nitrogens with zero attached hydrogens (tertiary/aromatic N) is 1. The number of alkyl halides is 2. The number of piperidine rings is 1. The van der Waals surface area contributed by atoms with E-state index < -0.39 is 17.7 Å². The van der Waals surface area contributed by atoms with Gasteiger partial charge in [0.15, 0.2) is 0 Å². The summed E-state index contributed by atoms with van der Waals surface area (Å²) in [7, 11) is 0. The first-order chi connectivity index (χ1) is 10.4. The molecule has 2 rings (SSSR count). The fourth-order valence-electron chi connectivity index (χ4n) is 3.30. The van der Waals surface area contributed by atoms with Crippen molar-refractivity contribution in [3.05, 3.63) is 0 Å². The van der Waals surface area contributed by atoms with Crippen molar-refractivity contribution >= 4 is 5.91 Å². The van der Waals surface area contributed by atoms with Crippen molar-refractivity contribution in [1.29, 1.82) is 0 Å². The Bertz CT molecular complexity index is 376. The van der Waals surface area contributed by atoms with E-state index in [0.29, 0.717) is 19.8 Å². The van der Waals surface area contributed by atoms with Crippen LogP contribution in [0.15, 0.2) is 0 Å². The molecule has 22 heavy (non-hydrogen) atoms. The van der Waals surface area contributed by atoms with Gasteiger partial charge in [0, 0.05) is 25.3 Å². The summed E-state index contributed by atoms with van der Waals surface area (Å²) in [6, 6.07) is 0. The van der Waals surface area contributed by atoms with Crippen LogP contribution in [0.5, 0.6) is 0 Å². The van der Waals surface area contributed by atoms with Crippen molar-refractivity contribution in [2.75, 3.05) is 32.8 Å². The second kappa shape index (κ2) is 7.21. The molecule has 0 aromatic heterocycles. The highest BCUT2D eigenvalue weighted by Gasteiger charge is 2.42. The van der Waals surface area contributed by atoms with Crippen LogP contribution >= 0.6 is 0 Å². The molecule has 0 radical (unpaired) electrons. The first-order valence-electron chi connectivity index (χ1n) is 8.28. The lowest BCUT2D eigenvalue weighted by Crippen LogP contribution is -2.60. The molecular formula is C16H28F2N2O2. The second-order valence-corrected chi connectivity index (χ2v) is 7.09. The van der Waals surface area contributed by atoms with Crippen molar-refractivity contribution in [3.8, 4) is 0 Å². The maximum absolute atomic E-state index is 13.0. The average Bonchev–Trinajstić information content (AvgIpc) is 2.54. The second-order valence-electron chi connectivity index (χ2n) is 7.09. The van der Waals surface area contributed by atoms with Crippen LogP contribution in [-0.4, -0.2) is 55.6 Å². The Balaban J connectivity index is 2.02. The molecule has 0 aliphatic carbocycles. The third kappa shape index (κ3) is 3.77. The highest BCUT2D eigenvalue weighted by atomic mass is 19.3. The molecule has 2 heterocycles. The quantitative estimate of drug-likeness (QED) is 0.846. The summed E-state index contributed by atoms with van der Waals surface area (Å²) in [5.74, 6) is -0.564. The lowest BCUT2D eigenvalue weighted by Gasteiger charge is -2.48. The molecular weight excluding hydrogens is 290 g/mol. The van der Waals surface area contributed by atoms with Gasteiger partial charge in [0.1, 0.15) is 5.41 Å². The summed E-state index contributed by atoms with van der Waals surface area (Å²) in [4.78, 5) is 14.6. The van der Waals surface area contributed by atoms with Gasteiger partial charge in [0.2, 0.25) is 5.91 Å². The van der Waals surface area contributed by atoms with Crippen molar-refractivity contribution < 1.29 is 18.3 Å². The molecule has 0 saturated carbocycles. The molecule has 2 fully saturated rings. The van der Waals surface area contributed by atoms with Gasteiger partial charge >= 0.3 is 0 Å². The highest BCUT2D eigenvalue weighted by molar-refractivity contribution is 5.82. The summed E-state index contributed by atoms with van der Waals surface area (Å²) in [5, 5.41) is 2.80. The van der Waals surface area contributed by atoms with Gasteiger partial charge in [-0.1, -0.05) is 6.42 Å². The van der Waals surface area contributed by atoms with E-state index in [2.05, 4.69) is 10.2 Å². The van der Waals surface area contributed by atoms with Gasteiger partial charge in [-0.25, -0.2) is 8.78 Å². The van der Waals surface area contributed by atoms with Gasteiger partial charge < -0.3 is 10.1 Å². The van der Waals surface area contributed by atoms with E-state index in [1.54, 1.807) is 0 Å². The Morgan fingerprint density at radius 1 is 1.23 bits per heavy atom. The maximum Gasteiger partial charge on any atom is 0.252 e. The zero-order chi connectivity index (χ0) is 16.2. The molecule has 0 spiro atoms. The average molecular weight is 318 g/mol. The minimum atomic E-state index is -2.66. The summed E-state index contributed by atoms with van der Waals surface area (Å²) in [6.45, 7) is 6.41. The van der Waals surface area contributed by atoms with Crippen LogP contribution in [0.3, 0.4) is 0 Å². The molecule has 128 valence electrons. The number of carbonyl (C=O) groups is 1. The number of hydrogen-bond acceptors (Lipinski definition) is 3. The van der Waals surface area contributed by atoms with E-state index in [0.717, 1.165) is 25.9 Å². The third-order valence-electron chi connectivity index (χ3n) is 5.16. The van der Waals surface area contributed by atoms with Gasteiger partial charge in [-0.3, -0.25) is 9.69 Å². The normalized spacial score (nSPS) is 23.5. The van der Waals surface area contributed by atoms with E-state index >= 15 is 0 Å². The van der Waals surface area contributed by atoms with Gasteiger partial charge in [0.25, 0.3) is 6.43 Å². The Kier molecular flexibility index (Phi) is 5.77. The predicted molar refractivity (Wildman–Crippen MR) is 81.0 cm³/mol. The summed E-state index contributed by atoms with van der Waals surface area (Å²) in [5.41, 5.74) is -1.78. The first-order valence-corrected chi connectivity index (χ1v) is 8.28. The Morgan fingerprint density at radius 3 is 2.36 bits per heavy atom. The SMILES string of the molecule is CC(C)(C(=O)NCC1(N2CCCCC2)CCOCC1)C(F)F. The minimum absolute atomic E-state index is 0.132. The van der Waals surface area contributed by atoms with Crippen LogP contribution in [0.4, 0.5) is 8.78 Å². The number of rotatable bonds is 5. The molecule has 1 N–H and O–H groups in total. The first kappa shape index (κ1) is 17.6. The molecule has 1 amide bonds. The van der Waals surface area contributed by atoms with E-state index in [1.165, 1.54) is 33.1 Å². The number of likely N-dealkylation sites (tertiary alicyclic amines) is 1. The van der Waals surface area contributed by atoms with Crippen LogP contribution in [0.1, 0.15) is 46.0 Å². The fraction of sp³-hybridized carbons (Fsp3) is 0.938. The largest absolute Gasteiger partial charge is 0.381 e. The van der Waals surface area contributed by atoms with Gasteiger partial charge in [-0.05, 0) is 52.6 Å². The van der Waals surface area contributed by atoms with Crippen LogP contribution in [0, 0.1) is 5.41 Å². The molecule has 0 atom stereocenters. The molecule has 0 unspecified atom stereocenters. The standard InChI is InChI=1S/C16H28F2N2O2/c1-15(2,13(17)18)14(21)19-12-16(6-10-22-11-7-16)20-8-4-3-5-9-20/h13H,3-12H2,1-2H3,(H,19,21). The molecule has 0 aromatic carbocycles. The number of ether oxygens (including phenoxy) is 1. The number of halogens is 2. The van der Waals surface area contributed by atoms with E-state index in [9.17, 15) is 13.6 Å². The van der Waals surface area contributed by atoms with Gasteiger partial charge in [-0.2, -0.15) is 0 Å². The lowest BCUT2D eigenvalue weighted by atomic mass is 9.85. The van der Waals surface area contributed by atoms with Gasteiger partial charge in [0.05, 0.1) is 0 Å². The summed E-state index contributed by atoms with van der Waals surface area (Å²) in [6.07, 6.45) is 2.62. The fourth-order valence-corrected chi connectivity index (χ4v) is 3.30. The Hall–Kier alpha value is -0.750. The molecule has 4 nitrogen and oxygen atoms in total. The zero-order valence-corrected chi connectivity index (χ0v) is 13.7. The number of amides is 1. The Morgan fingerprint density at radius 2 is 1.82 bits per heavy atom. The topological polar surface area (TPSA) is 41.6 Å². The summed E-state index contributed by atoms with van der Waals surface area (Å²) < 4.78 is 31.4. The van der Waals surface area contributed by atoms with Crippen molar-refractivity contribution in [1.82, 2.24) is 10.2 Å². The number of hydrogen-bond donors (Lipinski definition) is 1. The van der Waals surface area contributed by atoms with E-state index in [1.807, 2.05) is 0 Å². The van der Waals surface area contributed by atoms with Crippen LogP contribution in [0.25, 0.3) is 0 Å². The van der Waals surface area contributed by atoms with Crippen LogP contribution in [0.2, 0.25) is 0 Å². The van der Waals surface area contributed by atoms with Crippen LogP contribution < -0.4 is 5.32 Å². The number of carbonyl (C=O) groups excluding carboxylic acids is 1. The Labute approximate surface area is 131 Å². The van der Waals surface area contributed by atoms with Crippen molar-refractivity contribution in [2.24, 2.45) is 5.41 Å². The van der Waals surface area contributed by atoms with E-state index in [-0.39, 0.29) is 5.54 Å². The molecule has 2 aliphatic rings. The molecule has 2 aliphatic heterocycles. The zero-order valence-electron chi connectivity index (χ0n) is 13.7. The number of nitrogens with one attached hydrogen (secondary N) is 1. The third-order valence-corrected chi connectivity index (χ3v) is 5.16. The van der Waals surface area contributed by atoms with Gasteiger partial charge in [-0.15, -0.1) is 0 Å². The van der Waals surface area contributed by atoms with Crippen LogP contribution in [-0.2, 0) is 9.53 Å². The predicted octanol–water partition coefficient (Wildman–Crippen LogP) is 2.43. The smallest absolute Gasteiger partial charge is 0.252 e. The van der Waals surface area contributed by atoms with E-state index in [4.69, 9.17) is 4.74 Å². The molecule has 0 bridgehead atoms. The monoisotopic (exact) mass is 318 g/mol. The lowest BCUT2D eigenvalue weighted by molar-refractivity contribution is -0.138.